The van der Waals surface area contributed by atoms with Crippen LogP contribution in [-0.4, -0.2) is 25.8 Å². The largest absolute Gasteiger partial charge is 0.325 e. The lowest BCUT2D eigenvalue weighted by molar-refractivity contribution is -0.113. The highest BCUT2D eigenvalue weighted by molar-refractivity contribution is 7.92. The predicted molar refractivity (Wildman–Crippen MR) is 68.7 cm³/mol. The Kier molecular flexibility index (Phi) is 4.45. The summed E-state index contributed by atoms with van der Waals surface area (Å²) in [5.41, 5.74) is 1.66. The van der Waals surface area contributed by atoms with Crippen molar-refractivity contribution in [2.45, 2.75) is 6.92 Å². The van der Waals surface area contributed by atoms with Gasteiger partial charge in [-0.1, -0.05) is 23.8 Å². The third-order valence-electron chi connectivity index (χ3n) is 2.06. The molecule has 0 spiro atoms. The minimum Gasteiger partial charge on any atom is -0.325 e. The van der Waals surface area contributed by atoms with E-state index in [1.165, 1.54) is 6.08 Å². The lowest BCUT2D eigenvalue weighted by Gasteiger charge is -2.05. The maximum Gasteiger partial charge on any atom is 0.239 e. The molecule has 0 aliphatic rings. The zero-order valence-corrected chi connectivity index (χ0v) is 10.5. The van der Waals surface area contributed by atoms with Crippen molar-refractivity contribution in [3.8, 4) is 0 Å². The number of carbonyl (C=O) groups excluding carboxylic acids is 1. The van der Waals surface area contributed by atoms with Gasteiger partial charge in [-0.25, -0.2) is 8.42 Å². The highest BCUT2D eigenvalue weighted by Crippen LogP contribution is 2.08. The molecule has 1 rings (SSSR count). The molecular weight excluding hydrogens is 238 g/mol. The van der Waals surface area contributed by atoms with Crippen LogP contribution in [0.1, 0.15) is 5.56 Å². The fourth-order valence-electron chi connectivity index (χ4n) is 1.27. The number of carbonyl (C=O) groups is 1. The Morgan fingerprint density at radius 1 is 1.35 bits per heavy atom. The first-order chi connectivity index (χ1) is 7.93. The van der Waals surface area contributed by atoms with Crippen LogP contribution in [0, 0.1) is 6.92 Å². The van der Waals surface area contributed by atoms with E-state index < -0.39 is 21.5 Å². The van der Waals surface area contributed by atoms with E-state index in [1.54, 1.807) is 12.1 Å². The molecule has 0 radical (unpaired) electrons. The van der Waals surface area contributed by atoms with Gasteiger partial charge in [0.2, 0.25) is 5.91 Å². The monoisotopic (exact) mass is 253 g/mol. The normalized spacial score (nSPS) is 10.9. The van der Waals surface area contributed by atoms with Gasteiger partial charge in [0.1, 0.15) is 5.75 Å². The van der Waals surface area contributed by atoms with E-state index in [9.17, 15) is 13.2 Å². The van der Waals surface area contributed by atoms with Crippen LogP contribution in [0.3, 0.4) is 0 Å². The first kappa shape index (κ1) is 13.4. The van der Waals surface area contributed by atoms with E-state index in [-0.39, 0.29) is 5.75 Å². The fourth-order valence-corrected chi connectivity index (χ4v) is 2.22. The Labute approximate surface area is 101 Å². The minimum absolute atomic E-state index is 0.186. The SMILES string of the molecule is C=CCS(=O)(=O)CC(=O)Nc1ccc(C)cc1. The van der Waals surface area contributed by atoms with Gasteiger partial charge in [-0.15, -0.1) is 6.58 Å². The van der Waals surface area contributed by atoms with Crippen molar-refractivity contribution in [2.24, 2.45) is 0 Å². The summed E-state index contributed by atoms with van der Waals surface area (Å²) in [4.78, 5) is 11.5. The molecule has 1 amide bonds. The molecule has 92 valence electrons. The lowest BCUT2D eigenvalue weighted by Crippen LogP contribution is -2.24. The second-order valence-corrected chi connectivity index (χ2v) is 5.87. The van der Waals surface area contributed by atoms with Crippen LogP contribution in [0.2, 0.25) is 0 Å². The van der Waals surface area contributed by atoms with Crippen LogP contribution in [0.25, 0.3) is 0 Å². The van der Waals surface area contributed by atoms with Crippen LogP contribution >= 0.6 is 0 Å². The summed E-state index contributed by atoms with van der Waals surface area (Å²) in [6.07, 6.45) is 1.27. The summed E-state index contributed by atoms with van der Waals surface area (Å²) < 4.78 is 22.7. The van der Waals surface area contributed by atoms with E-state index in [0.717, 1.165) is 5.56 Å². The van der Waals surface area contributed by atoms with Crippen molar-refractivity contribution in [1.82, 2.24) is 0 Å². The van der Waals surface area contributed by atoms with Crippen LogP contribution in [0.5, 0.6) is 0 Å². The van der Waals surface area contributed by atoms with Gasteiger partial charge in [0.05, 0.1) is 5.75 Å². The number of anilines is 1. The highest BCUT2D eigenvalue weighted by Gasteiger charge is 2.14. The van der Waals surface area contributed by atoms with E-state index in [4.69, 9.17) is 0 Å². The molecular formula is C12H15NO3S. The van der Waals surface area contributed by atoms with Crippen molar-refractivity contribution in [3.63, 3.8) is 0 Å². The molecule has 0 saturated carbocycles. The van der Waals surface area contributed by atoms with E-state index >= 15 is 0 Å². The second-order valence-electron chi connectivity index (χ2n) is 3.76. The molecule has 1 N–H and O–H groups in total. The number of sulfone groups is 1. The number of amides is 1. The van der Waals surface area contributed by atoms with Gasteiger partial charge in [-0.3, -0.25) is 4.79 Å². The molecule has 0 atom stereocenters. The van der Waals surface area contributed by atoms with Gasteiger partial charge in [0.25, 0.3) is 0 Å². The Morgan fingerprint density at radius 3 is 2.47 bits per heavy atom. The zero-order chi connectivity index (χ0) is 12.9. The van der Waals surface area contributed by atoms with Crippen LogP contribution < -0.4 is 5.32 Å². The fraction of sp³-hybridized carbons (Fsp3) is 0.250. The summed E-state index contributed by atoms with van der Waals surface area (Å²) in [5.74, 6) is -1.24. The molecule has 0 aliphatic carbocycles. The summed E-state index contributed by atoms with van der Waals surface area (Å²) >= 11 is 0. The molecule has 4 nitrogen and oxygen atoms in total. The van der Waals surface area contributed by atoms with Crippen molar-refractivity contribution in [3.05, 3.63) is 42.5 Å². The van der Waals surface area contributed by atoms with Gasteiger partial charge in [0, 0.05) is 5.69 Å². The summed E-state index contributed by atoms with van der Waals surface area (Å²) in [6.45, 7) is 5.27. The van der Waals surface area contributed by atoms with E-state index in [1.807, 2.05) is 19.1 Å². The minimum atomic E-state index is -3.39. The Morgan fingerprint density at radius 2 is 1.94 bits per heavy atom. The maximum atomic E-state index is 11.5. The van der Waals surface area contributed by atoms with Crippen LogP contribution in [-0.2, 0) is 14.6 Å². The third kappa shape index (κ3) is 4.82. The molecule has 0 aliphatic heterocycles. The standard InChI is InChI=1S/C12H15NO3S/c1-3-8-17(15,16)9-12(14)13-11-6-4-10(2)5-7-11/h3-7H,1,8-9H2,2H3,(H,13,14). The topological polar surface area (TPSA) is 63.2 Å². The van der Waals surface area contributed by atoms with E-state index in [2.05, 4.69) is 11.9 Å². The van der Waals surface area contributed by atoms with Gasteiger partial charge in [-0.2, -0.15) is 0 Å². The number of benzene rings is 1. The molecule has 0 saturated heterocycles. The Bertz CT molecular complexity index is 503. The summed E-state index contributed by atoms with van der Waals surface area (Å²) in [7, 11) is -3.39. The maximum absolute atomic E-state index is 11.5. The molecule has 0 bridgehead atoms. The highest BCUT2D eigenvalue weighted by atomic mass is 32.2. The predicted octanol–water partition coefficient (Wildman–Crippen LogP) is 1.53. The lowest BCUT2D eigenvalue weighted by atomic mass is 10.2. The Balaban J connectivity index is 2.61. The molecule has 5 heteroatoms. The molecule has 17 heavy (non-hydrogen) atoms. The smallest absolute Gasteiger partial charge is 0.239 e. The number of aryl methyl sites for hydroxylation is 1. The van der Waals surface area contributed by atoms with Gasteiger partial charge >= 0.3 is 0 Å². The summed E-state index contributed by atoms with van der Waals surface area (Å²) in [6, 6.07) is 7.14. The van der Waals surface area contributed by atoms with Gasteiger partial charge in [-0.05, 0) is 19.1 Å². The molecule has 0 unspecified atom stereocenters. The number of hydrogen-bond acceptors (Lipinski definition) is 3. The van der Waals surface area contributed by atoms with Crippen molar-refractivity contribution >= 4 is 21.4 Å². The van der Waals surface area contributed by atoms with E-state index in [0.29, 0.717) is 5.69 Å². The number of hydrogen-bond donors (Lipinski definition) is 1. The molecule has 1 aromatic carbocycles. The van der Waals surface area contributed by atoms with Gasteiger partial charge in [0.15, 0.2) is 9.84 Å². The third-order valence-corrected chi connectivity index (χ3v) is 3.50. The van der Waals surface area contributed by atoms with Crippen molar-refractivity contribution < 1.29 is 13.2 Å². The number of rotatable bonds is 5. The van der Waals surface area contributed by atoms with Crippen LogP contribution in [0.4, 0.5) is 5.69 Å². The second kappa shape index (κ2) is 5.63. The molecule has 0 fully saturated rings. The molecule has 0 heterocycles. The average molecular weight is 253 g/mol. The van der Waals surface area contributed by atoms with Crippen molar-refractivity contribution in [1.29, 1.82) is 0 Å². The quantitative estimate of drug-likeness (QED) is 0.809. The number of nitrogens with one attached hydrogen (secondary N) is 1. The first-order valence-corrected chi connectivity index (χ1v) is 6.93. The summed E-state index contributed by atoms with van der Waals surface area (Å²) in [5, 5.41) is 2.53. The molecule has 0 aromatic heterocycles. The van der Waals surface area contributed by atoms with Crippen molar-refractivity contribution in [2.75, 3.05) is 16.8 Å². The van der Waals surface area contributed by atoms with Crippen LogP contribution in [0.15, 0.2) is 36.9 Å². The average Bonchev–Trinajstić information content (AvgIpc) is 2.20. The van der Waals surface area contributed by atoms with Gasteiger partial charge < -0.3 is 5.32 Å². The molecule has 1 aromatic rings. The zero-order valence-electron chi connectivity index (χ0n) is 9.64. The Hall–Kier alpha value is -1.62. The first-order valence-electron chi connectivity index (χ1n) is 5.11.